The van der Waals surface area contributed by atoms with Gasteiger partial charge in [0.1, 0.15) is 0 Å². The molecule has 1 heterocycles. The summed E-state index contributed by atoms with van der Waals surface area (Å²) in [5.41, 5.74) is 0. The van der Waals surface area contributed by atoms with Crippen molar-refractivity contribution in [3.05, 3.63) is 18.2 Å². The molecule has 0 N–H and O–H groups in total. The lowest BCUT2D eigenvalue weighted by molar-refractivity contribution is 0.174. The van der Waals surface area contributed by atoms with Gasteiger partial charge >= 0.3 is 0 Å². The van der Waals surface area contributed by atoms with Crippen LogP contribution >= 0.6 is 0 Å². The Morgan fingerprint density at radius 2 is 1.73 bits per heavy atom. The van der Waals surface area contributed by atoms with Gasteiger partial charge in [-0.05, 0) is 12.1 Å². The third-order valence-electron chi connectivity index (χ3n) is 1.77. The van der Waals surface area contributed by atoms with Crippen LogP contribution in [0.5, 0.6) is 11.5 Å². The average molecular weight is 230 g/mol. The van der Waals surface area contributed by atoms with Gasteiger partial charge in [0.15, 0.2) is 21.3 Å². The normalized spacial score (nSPS) is 13.0. The molecule has 0 radical (unpaired) electrons. The van der Waals surface area contributed by atoms with E-state index < -0.39 is 9.84 Å². The molecule has 4 nitrogen and oxygen atoms in total. The number of benzene rings is 1. The second-order valence-corrected chi connectivity index (χ2v) is 4.80. The lowest BCUT2D eigenvalue weighted by atomic mass is 10.3. The zero-order valence-corrected chi connectivity index (χ0v) is 9.80. The standard InChI is InChI=1S/C8H8O4S.C2H6/c1-13(9,10)6-2-3-7-8(4-6)12-5-11-7;1-2/h2-4H,5H2,1H3;1-2H3. The molecule has 1 aromatic rings. The van der Waals surface area contributed by atoms with Gasteiger partial charge in [0.05, 0.1) is 4.90 Å². The number of ether oxygens (including phenoxy) is 2. The highest BCUT2D eigenvalue weighted by atomic mass is 32.2. The Balaban J connectivity index is 0.000000531. The van der Waals surface area contributed by atoms with E-state index in [-0.39, 0.29) is 11.7 Å². The Hall–Kier alpha value is -1.23. The highest BCUT2D eigenvalue weighted by Crippen LogP contribution is 2.33. The molecule has 1 aliphatic heterocycles. The quantitative estimate of drug-likeness (QED) is 0.738. The summed E-state index contributed by atoms with van der Waals surface area (Å²) in [5, 5.41) is 0. The maximum Gasteiger partial charge on any atom is 0.231 e. The second kappa shape index (κ2) is 4.53. The minimum atomic E-state index is -3.16. The van der Waals surface area contributed by atoms with Gasteiger partial charge in [0.2, 0.25) is 6.79 Å². The number of sulfone groups is 1. The molecule has 5 heteroatoms. The highest BCUT2D eigenvalue weighted by molar-refractivity contribution is 7.90. The van der Waals surface area contributed by atoms with Crippen LogP contribution < -0.4 is 9.47 Å². The monoisotopic (exact) mass is 230 g/mol. The molecule has 84 valence electrons. The van der Waals surface area contributed by atoms with E-state index in [0.29, 0.717) is 11.5 Å². The average Bonchev–Trinajstić information content (AvgIpc) is 2.66. The Labute approximate surface area is 89.7 Å². The van der Waals surface area contributed by atoms with Crippen LogP contribution in [0.15, 0.2) is 23.1 Å². The van der Waals surface area contributed by atoms with Gasteiger partial charge in [-0.15, -0.1) is 0 Å². The minimum Gasteiger partial charge on any atom is -0.454 e. The Bertz CT molecular complexity index is 437. The summed E-state index contributed by atoms with van der Waals surface area (Å²) in [7, 11) is -3.16. The Morgan fingerprint density at radius 1 is 1.13 bits per heavy atom. The zero-order valence-electron chi connectivity index (χ0n) is 8.98. The van der Waals surface area contributed by atoms with Crippen molar-refractivity contribution in [1.29, 1.82) is 0 Å². The van der Waals surface area contributed by atoms with Crippen molar-refractivity contribution in [2.45, 2.75) is 18.7 Å². The predicted octanol–water partition coefficient (Wildman–Crippen LogP) is 1.84. The maximum absolute atomic E-state index is 11.1. The molecule has 2 rings (SSSR count). The number of rotatable bonds is 1. The van der Waals surface area contributed by atoms with E-state index in [9.17, 15) is 8.42 Å². The number of hydrogen-bond acceptors (Lipinski definition) is 4. The van der Waals surface area contributed by atoms with Crippen LogP contribution in [-0.2, 0) is 9.84 Å². The van der Waals surface area contributed by atoms with E-state index in [2.05, 4.69) is 0 Å². The summed E-state index contributed by atoms with van der Waals surface area (Å²) in [6, 6.07) is 4.57. The van der Waals surface area contributed by atoms with Gasteiger partial charge in [-0.2, -0.15) is 0 Å². The fourth-order valence-corrected chi connectivity index (χ4v) is 1.74. The molecule has 0 aromatic heterocycles. The van der Waals surface area contributed by atoms with Crippen LogP contribution in [-0.4, -0.2) is 21.5 Å². The third-order valence-corrected chi connectivity index (χ3v) is 2.88. The molecule has 0 aliphatic carbocycles. The van der Waals surface area contributed by atoms with E-state index in [0.717, 1.165) is 6.26 Å². The SMILES string of the molecule is CC.CS(=O)(=O)c1ccc2c(c1)OCO2. The first kappa shape index (κ1) is 11.8. The van der Waals surface area contributed by atoms with Crippen molar-refractivity contribution >= 4 is 9.84 Å². The van der Waals surface area contributed by atoms with Crippen molar-refractivity contribution in [2.75, 3.05) is 13.0 Å². The first-order valence-corrected chi connectivity index (χ1v) is 6.56. The van der Waals surface area contributed by atoms with Crippen LogP contribution in [0.25, 0.3) is 0 Å². The van der Waals surface area contributed by atoms with E-state index in [4.69, 9.17) is 9.47 Å². The molecule has 0 unspecified atom stereocenters. The van der Waals surface area contributed by atoms with Gasteiger partial charge < -0.3 is 9.47 Å². The van der Waals surface area contributed by atoms with Crippen LogP contribution in [0.4, 0.5) is 0 Å². The Morgan fingerprint density at radius 3 is 2.33 bits per heavy atom. The van der Waals surface area contributed by atoms with Crippen molar-refractivity contribution < 1.29 is 17.9 Å². The fourth-order valence-electron chi connectivity index (χ4n) is 1.11. The van der Waals surface area contributed by atoms with Crippen LogP contribution in [0.1, 0.15) is 13.8 Å². The van der Waals surface area contributed by atoms with Crippen LogP contribution in [0.3, 0.4) is 0 Å². The molecule has 0 fully saturated rings. The summed E-state index contributed by atoms with van der Waals surface area (Å²) in [4.78, 5) is 0.247. The van der Waals surface area contributed by atoms with E-state index in [1.165, 1.54) is 12.1 Å². The first-order chi connectivity index (χ1) is 7.07. The third kappa shape index (κ3) is 2.62. The van der Waals surface area contributed by atoms with Crippen molar-refractivity contribution in [2.24, 2.45) is 0 Å². The van der Waals surface area contributed by atoms with Gasteiger partial charge in [-0.3, -0.25) is 0 Å². The van der Waals surface area contributed by atoms with Gasteiger partial charge in [0.25, 0.3) is 0 Å². The fraction of sp³-hybridized carbons (Fsp3) is 0.400. The lowest BCUT2D eigenvalue weighted by Gasteiger charge is -1.99. The summed E-state index contributed by atoms with van der Waals surface area (Å²) in [6.07, 6.45) is 1.16. The summed E-state index contributed by atoms with van der Waals surface area (Å²) in [6.45, 7) is 4.16. The largest absolute Gasteiger partial charge is 0.454 e. The van der Waals surface area contributed by atoms with E-state index >= 15 is 0 Å². The van der Waals surface area contributed by atoms with Crippen molar-refractivity contribution in [1.82, 2.24) is 0 Å². The molecule has 1 aliphatic rings. The molecule has 15 heavy (non-hydrogen) atoms. The smallest absolute Gasteiger partial charge is 0.231 e. The van der Waals surface area contributed by atoms with Gasteiger partial charge in [0, 0.05) is 12.3 Å². The van der Waals surface area contributed by atoms with E-state index in [1.807, 2.05) is 13.8 Å². The highest BCUT2D eigenvalue weighted by Gasteiger charge is 2.16. The van der Waals surface area contributed by atoms with E-state index in [1.54, 1.807) is 6.07 Å². The first-order valence-electron chi connectivity index (χ1n) is 4.67. The topological polar surface area (TPSA) is 52.6 Å². The molecule has 0 atom stereocenters. The molecule has 0 bridgehead atoms. The molecular weight excluding hydrogens is 216 g/mol. The molecule has 0 amide bonds. The zero-order chi connectivity index (χ0) is 11.5. The summed E-state index contributed by atoms with van der Waals surface area (Å²) >= 11 is 0. The molecule has 0 saturated carbocycles. The lowest BCUT2D eigenvalue weighted by Crippen LogP contribution is -1.96. The second-order valence-electron chi connectivity index (χ2n) is 2.79. The molecule has 1 aromatic carbocycles. The number of fused-ring (bicyclic) bond motifs is 1. The molecular formula is C10H14O4S. The van der Waals surface area contributed by atoms with Crippen molar-refractivity contribution in [3.8, 4) is 11.5 Å². The van der Waals surface area contributed by atoms with Crippen molar-refractivity contribution in [3.63, 3.8) is 0 Å². The van der Waals surface area contributed by atoms with Gasteiger partial charge in [-0.25, -0.2) is 8.42 Å². The molecule has 0 saturated heterocycles. The van der Waals surface area contributed by atoms with Crippen LogP contribution in [0, 0.1) is 0 Å². The summed E-state index contributed by atoms with van der Waals surface area (Å²) in [5.74, 6) is 1.08. The Kier molecular flexibility index (Phi) is 3.57. The minimum absolute atomic E-state index is 0.155. The summed E-state index contributed by atoms with van der Waals surface area (Å²) < 4.78 is 32.4. The number of hydrogen-bond donors (Lipinski definition) is 0. The van der Waals surface area contributed by atoms with Crippen LogP contribution in [0.2, 0.25) is 0 Å². The van der Waals surface area contributed by atoms with Gasteiger partial charge in [-0.1, -0.05) is 13.8 Å². The predicted molar refractivity (Wildman–Crippen MR) is 57.0 cm³/mol. The maximum atomic E-state index is 11.1. The molecule has 0 spiro atoms.